The molecule has 158 valence electrons. The van der Waals surface area contributed by atoms with Crippen molar-refractivity contribution < 1.29 is 18.0 Å². The van der Waals surface area contributed by atoms with Crippen LogP contribution in [0.25, 0.3) is 0 Å². The number of hydrogen-bond acceptors (Lipinski definition) is 4. The van der Waals surface area contributed by atoms with Crippen molar-refractivity contribution in [2.24, 2.45) is 7.05 Å². The van der Waals surface area contributed by atoms with E-state index < -0.39 is 24.2 Å². The molecule has 0 fully saturated rings. The SMILES string of the molecule is Cc1nn(C)cc1CNC(=O)c1cc2n(n1)[C@@H](C(F)(F)F)C[C@H](c1ccccc1)N2. The van der Waals surface area contributed by atoms with E-state index in [0.29, 0.717) is 0 Å². The molecule has 0 saturated carbocycles. The average molecular weight is 418 g/mol. The molecular weight excluding hydrogens is 397 g/mol. The number of carbonyl (C=O) groups excluding carboxylic acids is 1. The number of aromatic nitrogens is 4. The predicted molar refractivity (Wildman–Crippen MR) is 104 cm³/mol. The van der Waals surface area contributed by atoms with Gasteiger partial charge in [-0.3, -0.25) is 9.48 Å². The van der Waals surface area contributed by atoms with Gasteiger partial charge in [-0.2, -0.15) is 23.4 Å². The van der Waals surface area contributed by atoms with E-state index in [-0.39, 0.29) is 24.5 Å². The molecule has 0 bridgehead atoms. The zero-order valence-electron chi connectivity index (χ0n) is 16.4. The molecule has 7 nitrogen and oxygen atoms in total. The highest BCUT2D eigenvalue weighted by atomic mass is 19.4. The fraction of sp³-hybridized carbons (Fsp3) is 0.350. The average Bonchev–Trinajstić information content (AvgIpc) is 3.27. The molecule has 0 saturated heterocycles. The van der Waals surface area contributed by atoms with Gasteiger partial charge in [-0.05, 0) is 12.5 Å². The van der Waals surface area contributed by atoms with E-state index in [1.54, 1.807) is 42.2 Å². The first-order valence-corrected chi connectivity index (χ1v) is 9.47. The number of anilines is 1. The number of aryl methyl sites for hydroxylation is 2. The van der Waals surface area contributed by atoms with Gasteiger partial charge in [0, 0.05) is 37.8 Å². The maximum Gasteiger partial charge on any atom is 0.410 e. The molecule has 30 heavy (non-hydrogen) atoms. The van der Waals surface area contributed by atoms with E-state index in [2.05, 4.69) is 20.8 Å². The largest absolute Gasteiger partial charge is 0.410 e. The first-order chi connectivity index (χ1) is 14.2. The molecule has 0 aliphatic carbocycles. The summed E-state index contributed by atoms with van der Waals surface area (Å²) < 4.78 is 43.7. The number of nitrogens with zero attached hydrogens (tertiary/aromatic N) is 4. The van der Waals surface area contributed by atoms with Crippen LogP contribution in [-0.4, -0.2) is 31.6 Å². The lowest BCUT2D eigenvalue weighted by Gasteiger charge is -2.33. The summed E-state index contributed by atoms with van der Waals surface area (Å²) in [7, 11) is 1.77. The molecule has 4 rings (SSSR count). The summed E-state index contributed by atoms with van der Waals surface area (Å²) in [6.45, 7) is 2.03. The van der Waals surface area contributed by atoms with Gasteiger partial charge in [0.15, 0.2) is 11.7 Å². The number of fused-ring (bicyclic) bond motifs is 1. The third-order valence-corrected chi connectivity index (χ3v) is 5.18. The Balaban J connectivity index is 1.57. The summed E-state index contributed by atoms with van der Waals surface area (Å²) in [5, 5.41) is 13.9. The van der Waals surface area contributed by atoms with Crippen molar-refractivity contribution in [1.29, 1.82) is 0 Å². The van der Waals surface area contributed by atoms with Crippen molar-refractivity contribution in [3.63, 3.8) is 0 Å². The van der Waals surface area contributed by atoms with Gasteiger partial charge in [0.2, 0.25) is 0 Å². The van der Waals surface area contributed by atoms with Crippen molar-refractivity contribution in [3.8, 4) is 0 Å². The van der Waals surface area contributed by atoms with Crippen LogP contribution in [0, 0.1) is 6.92 Å². The standard InChI is InChI=1S/C20H21F3N6O/c1-12-14(11-28(2)26-12)10-24-19(30)16-9-18-25-15(13-6-4-3-5-7-13)8-17(20(21,22)23)29(18)27-16/h3-7,9,11,15,17,25H,8,10H2,1-2H3,(H,24,30)/t15-,17-/m1/s1. The molecule has 1 aliphatic heterocycles. The van der Waals surface area contributed by atoms with Gasteiger partial charge >= 0.3 is 6.18 Å². The molecule has 10 heteroatoms. The van der Waals surface area contributed by atoms with E-state index in [1.165, 1.54) is 6.07 Å². The number of amides is 1. The zero-order chi connectivity index (χ0) is 21.5. The topological polar surface area (TPSA) is 76.8 Å². The second kappa shape index (κ2) is 7.51. The van der Waals surface area contributed by atoms with Crippen LogP contribution in [-0.2, 0) is 13.6 Å². The lowest BCUT2D eigenvalue weighted by molar-refractivity contribution is -0.173. The minimum absolute atomic E-state index is 0.0676. The predicted octanol–water partition coefficient (Wildman–Crippen LogP) is 3.52. The van der Waals surface area contributed by atoms with Crippen LogP contribution in [0.1, 0.15) is 45.8 Å². The van der Waals surface area contributed by atoms with Gasteiger partial charge in [0.25, 0.3) is 5.91 Å². The molecular formula is C20H21F3N6O. The maximum absolute atomic E-state index is 13.7. The van der Waals surface area contributed by atoms with E-state index in [0.717, 1.165) is 21.5 Å². The quantitative estimate of drug-likeness (QED) is 0.680. The maximum atomic E-state index is 13.7. The van der Waals surface area contributed by atoms with Crippen LogP contribution in [0.2, 0.25) is 0 Å². The lowest BCUT2D eigenvalue weighted by Crippen LogP contribution is -2.35. The van der Waals surface area contributed by atoms with Gasteiger partial charge in [0.1, 0.15) is 5.82 Å². The van der Waals surface area contributed by atoms with Gasteiger partial charge in [-0.15, -0.1) is 0 Å². The lowest BCUT2D eigenvalue weighted by atomic mass is 9.97. The minimum Gasteiger partial charge on any atom is -0.363 e. The normalized spacial score (nSPS) is 18.6. The fourth-order valence-corrected chi connectivity index (χ4v) is 3.68. The van der Waals surface area contributed by atoms with Crippen LogP contribution in [0.5, 0.6) is 0 Å². The molecule has 1 aromatic carbocycles. The second-order valence-electron chi connectivity index (χ2n) is 7.36. The number of benzene rings is 1. The van der Waals surface area contributed by atoms with Crippen LogP contribution in [0.3, 0.4) is 0 Å². The highest BCUT2D eigenvalue weighted by molar-refractivity contribution is 5.93. The number of halogens is 3. The molecule has 0 spiro atoms. The number of hydrogen-bond donors (Lipinski definition) is 2. The van der Waals surface area contributed by atoms with Gasteiger partial charge in [-0.1, -0.05) is 30.3 Å². The summed E-state index contributed by atoms with van der Waals surface area (Å²) in [6.07, 6.45) is -2.92. The Morgan fingerprint density at radius 2 is 2.00 bits per heavy atom. The number of carbonyl (C=O) groups is 1. The van der Waals surface area contributed by atoms with Crippen LogP contribution >= 0.6 is 0 Å². The first-order valence-electron chi connectivity index (χ1n) is 9.47. The van der Waals surface area contributed by atoms with E-state index in [9.17, 15) is 18.0 Å². The van der Waals surface area contributed by atoms with Gasteiger partial charge in [0.05, 0.1) is 11.7 Å². The van der Waals surface area contributed by atoms with Gasteiger partial charge in [-0.25, -0.2) is 4.68 Å². The molecule has 2 N–H and O–H groups in total. The fourth-order valence-electron chi connectivity index (χ4n) is 3.68. The molecule has 0 radical (unpaired) electrons. The molecule has 1 aliphatic rings. The van der Waals surface area contributed by atoms with Crippen LogP contribution < -0.4 is 10.6 Å². The molecule has 1 amide bonds. The summed E-state index contributed by atoms with van der Waals surface area (Å²) in [5.41, 5.74) is 2.27. The van der Waals surface area contributed by atoms with Crippen molar-refractivity contribution in [2.45, 2.75) is 38.1 Å². The first kappa shape index (κ1) is 20.0. The summed E-state index contributed by atoms with van der Waals surface area (Å²) >= 11 is 0. The van der Waals surface area contributed by atoms with E-state index in [4.69, 9.17) is 0 Å². The Kier molecular flexibility index (Phi) is 5.00. The second-order valence-corrected chi connectivity index (χ2v) is 7.36. The minimum atomic E-state index is -4.49. The van der Waals surface area contributed by atoms with E-state index in [1.807, 2.05) is 13.0 Å². The molecule has 3 aromatic rings. The zero-order valence-corrected chi connectivity index (χ0v) is 16.4. The van der Waals surface area contributed by atoms with Crippen molar-refractivity contribution in [2.75, 3.05) is 5.32 Å². The van der Waals surface area contributed by atoms with Crippen LogP contribution in [0.15, 0.2) is 42.6 Å². The monoisotopic (exact) mass is 418 g/mol. The summed E-state index contributed by atoms with van der Waals surface area (Å²) in [6, 6.07) is 7.94. The van der Waals surface area contributed by atoms with Gasteiger partial charge < -0.3 is 10.6 Å². The summed E-state index contributed by atoms with van der Waals surface area (Å²) in [4.78, 5) is 12.5. The van der Waals surface area contributed by atoms with Crippen molar-refractivity contribution in [1.82, 2.24) is 24.9 Å². The highest BCUT2D eigenvalue weighted by Gasteiger charge is 2.46. The van der Waals surface area contributed by atoms with Crippen molar-refractivity contribution >= 4 is 11.7 Å². The highest BCUT2D eigenvalue weighted by Crippen LogP contribution is 2.43. The molecule has 2 aromatic heterocycles. The molecule has 0 unspecified atom stereocenters. The molecule has 3 heterocycles. The Morgan fingerprint density at radius 1 is 1.27 bits per heavy atom. The van der Waals surface area contributed by atoms with Crippen LogP contribution in [0.4, 0.5) is 19.0 Å². The Hall–Kier alpha value is -3.30. The van der Waals surface area contributed by atoms with Crippen molar-refractivity contribution in [3.05, 3.63) is 65.1 Å². The molecule has 2 atom stereocenters. The third kappa shape index (κ3) is 3.89. The number of nitrogens with one attached hydrogen (secondary N) is 2. The Morgan fingerprint density at radius 3 is 2.63 bits per heavy atom. The third-order valence-electron chi connectivity index (χ3n) is 5.18. The Labute approximate surface area is 170 Å². The Bertz CT molecular complexity index is 1060. The number of alkyl halides is 3. The number of rotatable bonds is 4. The smallest absolute Gasteiger partial charge is 0.363 e. The summed E-state index contributed by atoms with van der Waals surface area (Å²) in [5.74, 6) is -0.376. The van der Waals surface area contributed by atoms with E-state index >= 15 is 0 Å².